The zero-order valence-corrected chi connectivity index (χ0v) is 18.0. The van der Waals surface area contributed by atoms with Crippen LogP contribution in [0.3, 0.4) is 0 Å². The van der Waals surface area contributed by atoms with Gasteiger partial charge >= 0.3 is 0 Å². The van der Waals surface area contributed by atoms with Crippen molar-refractivity contribution < 1.29 is 9.84 Å². The lowest BCUT2D eigenvalue weighted by molar-refractivity contribution is 0.150. The van der Waals surface area contributed by atoms with Crippen molar-refractivity contribution in [1.82, 2.24) is 0 Å². The number of ether oxygens (including phenoxy) is 1. The maximum Gasteiger partial charge on any atom is 0.101 e. The summed E-state index contributed by atoms with van der Waals surface area (Å²) in [6, 6.07) is 0. The van der Waals surface area contributed by atoms with Gasteiger partial charge in [-0.25, -0.2) is 0 Å². The van der Waals surface area contributed by atoms with Crippen molar-refractivity contribution >= 4 is 0 Å². The zero-order chi connectivity index (χ0) is 19.0. The minimum atomic E-state index is 0.154. The van der Waals surface area contributed by atoms with Crippen LogP contribution >= 0.6 is 0 Å². The maximum atomic E-state index is 9.79. The first-order valence-corrected chi connectivity index (χ1v) is 10.8. The van der Waals surface area contributed by atoms with Crippen LogP contribution in [0.15, 0.2) is 11.3 Å². The minimum absolute atomic E-state index is 0.154. The van der Waals surface area contributed by atoms with Gasteiger partial charge in [-0.3, -0.25) is 0 Å². The highest BCUT2D eigenvalue weighted by Crippen LogP contribution is 2.39. The molecule has 0 aromatic heterocycles. The van der Waals surface area contributed by atoms with Crippen LogP contribution in [0.2, 0.25) is 0 Å². The van der Waals surface area contributed by atoms with E-state index in [0.29, 0.717) is 23.7 Å². The molecular weight excluding hydrogens is 308 g/mol. The Morgan fingerprint density at radius 3 is 2.20 bits per heavy atom. The van der Waals surface area contributed by atoms with Gasteiger partial charge in [0.2, 0.25) is 0 Å². The summed E-state index contributed by atoms with van der Waals surface area (Å²) in [5, 5.41) is 9.79. The van der Waals surface area contributed by atoms with E-state index in [1.54, 1.807) is 0 Å². The molecule has 25 heavy (non-hydrogen) atoms. The van der Waals surface area contributed by atoms with Crippen molar-refractivity contribution in [2.24, 2.45) is 35.5 Å². The predicted molar refractivity (Wildman–Crippen MR) is 108 cm³/mol. The monoisotopic (exact) mass is 352 g/mol. The van der Waals surface area contributed by atoms with Crippen molar-refractivity contribution in [3.05, 3.63) is 11.3 Å². The van der Waals surface area contributed by atoms with Gasteiger partial charge in [0.1, 0.15) is 5.76 Å². The van der Waals surface area contributed by atoms with Crippen LogP contribution in [0, 0.1) is 35.5 Å². The SMILES string of the molecule is CCCC(CCC(C)C)C[C@@H](CC(C)C)[C@H](C)C1=C(CO)C(C)CO1. The summed E-state index contributed by atoms with van der Waals surface area (Å²) >= 11 is 0. The Hall–Kier alpha value is -0.500. The summed E-state index contributed by atoms with van der Waals surface area (Å²) in [5.41, 5.74) is 1.15. The van der Waals surface area contributed by atoms with Gasteiger partial charge < -0.3 is 9.84 Å². The third-order valence-electron chi connectivity index (χ3n) is 5.95. The van der Waals surface area contributed by atoms with Gasteiger partial charge in [-0.05, 0) is 42.1 Å². The topological polar surface area (TPSA) is 29.5 Å². The molecule has 0 aromatic rings. The largest absolute Gasteiger partial charge is 0.497 e. The van der Waals surface area contributed by atoms with Crippen LogP contribution in [0.4, 0.5) is 0 Å². The summed E-state index contributed by atoms with van der Waals surface area (Å²) in [7, 11) is 0. The Morgan fingerprint density at radius 2 is 1.68 bits per heavy atom. The zero-order valence-electron chi connectivity index (χ0n) is 18.0. The van der Waals surface area contributed by atoms with Gasteiger partial charge in [0, 0.05) is 11.8 Å². The third kappa shape index (κ3) is 7.33. The smallest absolute Gasteiger partial charge is 0.101 e. The number of hydrogen-bond donors (Lipinski definition) is 1. The molecule has 1 heterocycles. The molecule has 1 rings (SSSR count). The summed E-state index contributed by atoms with van der Waals surface area (Å²) in [6.07, 6.45) is 7.88. The van der Waals surface area contributed by atoms with E-state index in [1.165, 1.54) is 38.5 Å². The highest BCUT2D eigenvalue weighted by Gasteiger charge is 2.32. The quantitative estimate of drug-likeness (QED) is 0.438. The van der Waals surface area contributed by atoms with Crippen molar-refractivity contribution in [3.63, 3.8) is 0 Å². The molecule has 4 atom stereocenters. The number of allylic oxidation sites excluding steroid dienone is 1. The van der Waals surface area contributed by atoms with Crippen LogP contribution < -0.4 is 0 Å². The second-order valence-corrected chi connectivity index (χ2v) is 9.30. The first-order chi connectivity index (χ1) is 11.8. The molecule has 148 valence electrons. The molecule has 0 aromatic carbocycles. The standard InChI is InChI=1S/C23H44O2/c1-8-9-20(11-10-16(2)3)13-21(12-17(4)5)19(7)23-22(14-24)18(6)15-25-23/h16-21,24H,8-15H2,1-7H3/t18?,19-,20?,21+/m0/s1. The lowest BCUT2D eigenvalue weighted by Gasteiger charge is -2.31. The van der Waals surface area contributed by atoms with Crippen LogP contribution in [0.1, 0.15) is 87.0 Å². The molecule has 0 saturated heterocycles. The number of aliphatic hydroxyl groups excluding tert-OH is 1. The second-order valence-electron chi connectivity index (χ2n) is 9.30. The van der Waals surface area contributed by atoms with E-state index in [9.17, 15) is 5.11 Å². The first kappa shape index (κ1) is 22.5. The summed E-state index contributed by atoms with van der Waals surface area (Å²) in [4.78, 5) is 0. The van der Waals surface area contributed by atoms with E-state index in [-0.39, 0.29) is 6.61 Å². The van der Waals surface area contributed by atoms with Gasteiger partial charge in [-0.15, -0.1) is 0 Å². The Labute approximate surface area is 157 Å². The molecule has 1 aliphatic heterocycles. The highest BCUT2D eigenvalue weighted by atomic mass is 16.5. The molecule has 0 radical (unpaired) electrons. The third-order valence-corrected chi connectivity index (χ3v) is 5.95. The molecule has 2 unspecified atom stereocenters. The summed E-state index contributed by atoms with van der Waals surface area (Å²) in [5.74, 6) is 4.89. The van der Waals surface area contributed by atoms with E-state index < -0.39 is 0 Å². The van der Waals surface area contributed by atoms with Crippen molar-refractivity contribution in [2.75, 3.05) is 13.2 Å². The maximum absolute atomic E-state index is 9.79. The van der Waals surface area contributed by atoms with Crippen LogP contribution in [0.25, 0.3) is 0 Å². The van der Waals surface area contributed by atoms with E-state index in [4.69, 9.17) is 4.74 Å². The highest BCUT2D eigenvalue weighted by molar-refractivity contribution is 5.19. The van der Waals surface area contributed by atoms with E-state index >= 15 is 0 Å². The molecule has 0 saturated carbocycles. The average Bonchev–Trinajstić information content (AvgIpc) is 2.91. The number of hydrogen-bond acceptors (Lipinski definition) is 2. The molecular formula is C23H44O2. The molecule has 2 nitrogen and oxygen atoms in total. The van der Waals surface area contributed by atoms with E-state index in [1.807, 2.05) is 0 Å². The fraction of sp³-hybridized carbons (Fsp3) is 0.913. The average molecular weight is 353 g/mol. The number of aliphatic hydroxyl groups is 1. The lowest BCUT2D eigenvalue weighted by atomic mass is 9.76. The Morgan fingerprint density at radius 1 is 1.00 bits per heavy atom. The van der Waals surface area contributed by atoms with Crippen LogP contribution in [-0.4, -0.2) is 18.3 Å². The molecule has 1 aliphatic rings. The molecule has 1 N–H and O–H groups in total. The predicted octanol–water partition coefficient (Wildman–Crippen LogP) is 6.44. The van der Waals surface area contributed by atoms with E-state index in [2.05, 4.69) is 48.5 Å². The van der Waals surface area contributed by atoms with Gasteiger partial charge in [0.25, 0.3) is 0 Å². The van der Waals surface area contributed by atoms with Crippen LogP contribution in [-0.2, 0) is 4.74 Å². The Kier molecular flexibility index (Phi) is 10.2. The van der Waals surface area contributed by atoms with Gasteiger partial charge in [-0.2, -0.15) is 0 Å². The van der Waals surface area contributed by atoms with Crippen molar-refractivity contribution in [3.8, 4) is 0 Å². The minimum Gasteiger partial charge on any atom is -0.497 e. The molecule has 0 fully saturated rings. The Balaban J connectivity index is 2.88. The van der Waals surface area contributed by atoms with Gasteiger partial charge in [-0.1, -0.05) is 74.1 Å². The normalized spacial score (nSPS) is 21.8. The molecule has 0 amide bonds. The summed E-state index contributed by atoms with van der Waals surface area (Å²) in [6.45, 7) is 17.1. The van der Waals surface area contributed by atoms with Crippen molar-refractivity contribution in [1.29, 1.82) is 0 Å². The molecule has 0 aliphatic carbocycles. The molecule has 2 heteroatoms. The second kappa shape index (κ2) is 11.3. The molecule has 0 spiro atoms. The fourth-order valence-corrected chi connectivity index (χ4v) is 4.42. The van der Waals surface area contributed by atoms with Crippen LogP contribution in [0.5, 0.6) is 0 Å². The van der Waals surface area contributed by atoms with Gasteiger partial charge in [0.15, 0.2) is 0 Å². The molecule has 0 bridgehead atoms. The van der Waals surface area contributed by atoms with Crippen molar-refractivity contribution in [2.45, 2.75) is 87.0 Å². The first-order valence-electron chi connectivity index (χ1n) is 10.8. The lowest BCUT2D eigenvalue weighted by Crippen LogP contribution is -2.21. The number of rotatable bonds is 12. The summed E-state index contributed by atoms with van der Waals surface area (Å²) < 4.78 is 6.05. The fourth-order valence-electron chi connectivity index (χ4n) is 4.42. The Bertz CT molecular complexity index is 397. The van der Waals surface area contributed by atoms with E-state index in [0.717, 1.165) is 29.8 Å². The van der Waals surface area contributed by atoms with Gasteiger partial charge in [0.05, 0.1) is 13.2 Å².